The molecule has 2 aliphatic rings. The van der Waals surface area contributed by atoms with E-state index in [4.69, 9.17) is 0 Å². The minimum Gasteiger partial charge on any atom is -0.353 e. The minimum atomic E-state index is 0.865. The SMILES string of the molecule is c1cn2cnnc2c(N2C[C@H]3CCCC[C@H]3C2)n1. The van der Waals surface area contributed by atoms with Crippen LogP contribution in [0.3, 0.4) is 0 Å². The van der Waals surface area contributed by atoms with E-state index < -0.39 is 0 Å². The minimum absolute atomic E-state index is 0.865. The second kappa shape index (κ2) is 3.93. The number of anilines is 1. The highest BCUT2D eigenvalue weighted by atomic mass is 15.3. The average Bonchev–Trinajstić information content (AvgIpc) is 3.04. The van der Waals surface area contributed by atoms with E-state index in [-0.39, 0.29) is 0 Å². The first-order valence-electron chi connectivity index (χ1n) is 6.81. The van der Waals surface area contributed by atoms with E-state index in [2.05, 4.69) is 20.1 Å². The monoisotopic (exact) mass is 243 g/mol. The normalized spacial score (nSPS) is 27.7. The molecule has 4 rings (SSSR count). The number of fused-ring (bicyclic) bond motifs is 2. The Kier molecular flexibility index (Phi) is 2.25. The molecule has 1 aliphatic carbocycles. The lowest BCUT2D eigenvalue weighted by Crippen LogP contribution is -2.21. The Morgan fingerprint density at radius 1 is 1.11 bits per heavy atom. The smallest absolute Gasteiger partial charge is 0.203 e. The van der Waals surface area contributed by atoms with Gasteiger partial charge in [-0.05, 0) is 24.7 Å². The quantitative estimate of drug-likeness (QED) is 0.765. The van der Waals surface area contributed by atoms with E-state index in [9.17, 15) is 0 Å². The third-order valence-electron chi connectivity index (χ3n) is 4.47. The molecule has 1 saturated carbocycles. The fourth-order valence-electron chi connectivity index (χ4n) is 3.55. The van der Waals surface area contributed by atoms with Crippen LogP contribution >= 0.6 is 0 Å². The van der Waals surface area contributed by atoms with Crippen molar-refractivity contribution in [3.05, 3.63) is 18.7 Å². The first-order valence-corrected chi connectivity index (χ1v) is 6.81. The number of aromatic nitrogens is 4. The van der Waals surface area contributed by atoms with Gasteiger partial charge in [0.2, 0.25) is 5.65 Å². The molecule has 0 N–H and O–H groups in total. The van der Waals surface area contributed by atoms with Crippen LogP contribution < -0.4 is 4.90 Å². The summed E-state index contributed by atoms with van der Waals surface area (Å²) in [6.45, 7) is 2.29. The second-order valence-electron chi connectivity index (χ2n) is 5.52. The van der Waals surface area contributed by atoms with Crippen LogP contribution in [-0.2, 0) is 0 Å². The van der Waals surface area contributed by atoms with Gasteiger partial charge in [-0.1, -0.05) is 12.8 Å². The molecule has 18 heavy (non-hydrogen) atoms. The van der Waals surface area contributed by atoms with Crippen molar-refractivity contribution in [1.29, 1.82) is 0 Å². The summed E-state index contributed by atoms with van der Waals surface area (Å²) in [5.74, 6) is 2.73. The molecule has 5 heteroatoms. The predicted molar refractivity (Wildman–Crippen MR) is 68.4 cm³/mol. The van der Waals surface area contributed by atoms with E-state index in [0.717, 1.165) is 36.4 Å². The zero-order valence-electron chi connectivity index (χ0n) is 10.4. The van der Waals surface area contributed by atoms with Crippen molar-refractivity contribution in [1.82, 2.24) is 19.6 Å². The van der Waals surface area contributed by atoms with E-state index >= 15 is 0 Å². The van der Waals surface area contributed by atoms with Gasteiger partial charge in [0.15, 0.2) is 5.82 Å². The summed E-state index contributed by atoms with van der Waals surface area (Å²) >= 11 is 0. The molecule has 5 nitrogen and oxygen atoms in total. The van der Waals surface area contributed by atoms with Crippen molar-refractivity contribution in [2.45, 2.75) is 25.7 Å². The molecular formula is C13H17N5. The Labute approximate surface area is 106 Å². The van der Waals surface area contributed by atoms with Crippen LogP contribution in [-0.4, -0.2) is 32.7 Å². The van der Waals surface area contributed by atoms with Gasteiger partial charge in [0, 0.05) is 25.5 Å². The molecular weight excluding hydrogens is 226 g/mol. The van der Waals surface area contributed by atoms with Crippen molar-refractivity contribution >= 4 is 11.5 Å². The molecule has 3 heterocycles. The Hall–Kier alpha value is -1.65. The van der Waals surface area contributed by atoms with Crippen molar-refractivity contribution < 1.29 is 0 Å². The molecule has 2 fully saturated rings. The second-order valence-corrected chi connectivity index (χ2v) is 5.52. The summed E-state index contributed by atoms with van der Waals surface area (Å²) in [6.07, 6.45) is 11.1. The van der Waals surface area contributed by atoms with Crippen LogP contribution in [0.4, 0.5) is 5.82 Å². The Balaban J connectivity index is 1.69. The lowest BCUT2D eigenvalue weighted by molar-refractivity contribution is 0.299. The highest BCUT2D eigenvalue weighted by molar-refractivity contribution is 5.63. The maximum Gasteiger partial charge on any atom is 0.203 e. The van der Waals surface area contributed by atoms with Crippen LogP contribution in [0.5, 0.6) is 0 Å². The standard InChI is InChI=1S/C13H17N5/c1-2-4-11-8-18(7-10(11)3-1)12-13-16-15-9-17(13)6-5-14-12/h5-6,9-11H,1-4,7-8H2/t10-,11+. The molecule has 0 aromatic carbocycles. The molecule has 2 aromatic rings. The summed E-state index contributed by atoms with van der Waals surface area (Å²) in [5.41, 5.74) is 0.885. The predicted octanol–water partition coefficient (Wildman–Crippen LogP) is 1.75. The molecule has 0 bridgehead atoms. The maximum absolute atomic E-state index is 4.52. The van der Waals surface area contributed by atoms with E-state index in [1.165, 1.54) is 25.7 Å². The Morgan fingerprint density at radius 2 is 1.89 bits per heavy atom. The third kappa shape index (κ3) is 1.50. The fourth-order valence-corrected chi connectivity index (χ4v) is 3.55. The summed E-state index contributed by atoms with van der Waals surface area (Å²) in [7, 11) is 0. The Bertz CT molecular complexity index is 549. The van der Waals surface area contributed by atoms with Gasteiger partial charge in [-0.2, -0.15) is 0 Å². The van der Waals surface area contributed by atoms with E-state index in [0.29, 0.717) is 0 Å². The van der Waals surface area contributed by atoms with Crippen LogP contribution in [0.15, 0.2) is 18.7 Å². The molecule has 0 amide bonds. The molecule has 94 valence electrons. The van der Waals surface area contributed by atoms with E-state index in [1.54, 1.807) is 6.33 Å². The molecule has 0 unspecified atom stereocenters. The van der Waals surface area contributed by atoms with Gasteiger partial charge >= 0.3 is 0 Å². The fraction of sp³-hybridized carbons (Fsp3) is 0.615. The lowest BCUT2D eigenvalue weighted by atomic mass is 9.82. The molecule has 1 saturated heterocycles. The van der Waals surface area contributed by atoms with E-state index in [1.807, 2.05) is 16.8 Å². The van der Waals surface area contributed by atoms with Gasteiger partial charge in [0.1, 0.15) is 6.33 Å². The summed E-state index contributed by atoms with van der Waals surface area (Å²) in [6, 6.07) is 0. The summed E-state index contributed by atoms with van der Waals surface area (Å²) in [4.78, 5) is 6.93. The molecule has 1 aliphatic heterocycles. The molecule has 2 aromatic heterocycles. The molecule has 2 atom stereocenters. The van der Waals surface area contributed by atoms with Crippen molar-refractivity contribution in [2.75, 3.05) is 18.0 Å². The number of rotatable bonds is 1. The zero-order chi connectivity index (χ0) is 11.9. The molecule has 0 spiro atoms. The zero-order valence-corrected chi connectivity index (χ0v) is 10.4. The van der Waals surface area contributed by atoms with Gasteiger partial charge in [0.25, 0.3) is 0 Å². The number of hydrogen-bond donors (Lipinski definition) is 0. The summed E-state index contributed by atoms with van der Waals surface area (Å²) < 4.78 is 1.95. The van der Waals surface area contributed by atoms with Crippen molar-refractivity contribution in [2.24, 2.45) is 11.8 Å². The van der Waals surface area contributed by atoms with Gasteiger partial charge in [-0.3, -0.25) is 4.40 Å². The summed E-state index contributed by atoms with van der Waals surface area (Å²) in [5, 5.41) is 8.16. The first-order chi connectivity index (χ1) is 8.92. The van der Waals surface area contributed by atoms with Crippen molar-refractivity contribution in [3.8, 4) is 0 Å². The third-order valence-corrected chi connectivity index (χ3v) is 4.47. The maximum atomic E-state index is 4.52. The largest absolute Gasteiger partial charge is 0.353 e. The average molecular weight is 243 g/mol. The van der Waals surface area contributed by atoms with Crippen LogP contribution in [0.1, 0.15) is 25.7 Å². The van der Waals surface area contributed by atoms with Gasteiger partial charge < -0.3 is 4.90 Å². The van der Waals surface area contributed by atoms with Crippen molar-refractivity contribution in [3.63, 3.8) is 0 Å². The van der Waals surface area contributed by atoms with Gasteiger partial charge in [0.05, 0.1) is 0 Å². The highest BCUT2D eigenvalue weighted by Crippen LogP contribution is 2.38. The number of nitrogens with zero attached hydrogens (tertiary/aromatic N) is 5. The van der Waals surface area contributed by atoms with Crippen LogP contribution in [0, 0.1) is 11.8 Å². The molecule has 0 radical (unpaired) electrons. The first kappa shape index (κ1) is 10.3. The topological polar surface area (TPSA) is 46.3 Å². The highest BCUT2D eigenvalue weighted by Gasteiger charge is 2.35. The lowest BCUT2D eigenvalue weighted by Gasteiger charge is -2.22. The van der Waals surface area contributed by atoms with Crippen LogP contribution in [0.25, 0.3) is 5.65 Å². The van der Waals surface area contributed by atoms with Gasteiger partial charge in [-0.15, -0.1) is 10.2 Å². The Morgan fingerprint density at radius 3 is 2.67 bits per heavy atom. The van der Waals surface area contributed by atoms with Gasteiger partial charge in [-0.25, -0.2) is 4.98 Å². The number of hydrogen-bond acceptors (Lipinski definition) is 4. The van der Waals surface area contributed by atoms with Crippen LogP contribution in [0.2, 0.25) is 0 Å².